The third-order valence-corrected chi connectivity index (χ3v) is 5.53. The molecule has 0 aliphatic rings. The predicted molar refractivity (Wildman–Crippen MR) is 113 cm³/mol. The summed E-state index contributed by atoms with van der Waals surface area (Å²) in [6, 6.07) is 15.1. The zero-order valence-electron chi connectivity index (χ0n) is 13.7. The van der Waals surface area contributed by atoms with E-state index < -0.39 is 5.63 Å². The van der Waals surface area contributed by atoms with Crippen molar-refractivity contribution < 1.29 is 9.15 Å². The molecule has 0 saturated carbocycles. The van der Waals surface area contributed by atoms with Crippen LogP contribution >= 0.6 is 33.9 Å². The van der Waals surface area contributed by atoms with Gasteiger partial charge in [-0.3, -0.25) is 0 Å². The molecule has 0 saturated heterocycles. The van der Waals surface area contributed by atoms with Gasteiger partial charge in [0.15, 0.2) is 5.13 Å². The highest BCUT2D eigenvalue weighted by molar-refractivity contribution is 14.1. The molecule has 130 valence electrons. The lowest BCUT2D eigenvalue weighted by atomic mass is 10.1. The van der Waals surface area contributed by atoms with E-state index in [1.807, 2.05) is 35.7 Å². The van der Waals surface area contributed by atoms with Crippen LogP contribution < -0.4 is 15.7 Å². The van der Waals surface area contributed by atoms with E-state index in [1.54, 1.807) is 25.3 Å². The van der Waals surface area contributed by atoms with Crippen molar-refractivity contribution in [1.82, 2.24) is 4.98 Å². The second kappa shape index (κ2) is 7.08. The SMILES string of the molecule is COc1ccc2oc(=O)c(-c3csc(Nc4ccccc4I)n3)cc2c1. The Bertz CT molecular complexity index is 1150. The Balaban J connectivity index is 1.72. The monoisotopic (exact) mass is 476 g/mol. The van der Waals surface area contributed by atoms with Crippen molar-refractivity contribution in [2.75, 3.05) is 12.4 Å². The molecule has 7 heteroatoms. The molecule has 0 spiro atoms. The molecular weight excluding hydrogens is 463 g/mol. The molecule has 0 aliphatic heterocycles. The summed E-state index contributed by atoms with van der Waals surface area (Å²) in [5, 5.41) is 6.64. The molecule has 0 fully saturated rings. The average Bonchev–Trinajstić information content (AvgIpc) is 3.11. The van der Waals surface area contributed by atoms with E-state index >= 15 is 0 Å². The maximum atomic E-state index is 12.4. The summed E-state index contributed by atoms with van der Waals surface area (Å²) in [4.78, 5) is 16.9. The smallest absolute Gasteiger partial charge is 0.345 e. The van der Waals surface area contributed by atoms with Crippen molar-refractivity contribution in [1.29, 1.82) is 0 Å². The maximum Gasteiger partial charge on any atom is 0.345 e. The predicted octanol–water partition coefficient (Wildman–Crippen LogP) is 5.27. The van der Waals surface area contributed by atoms with Crippen LogP contribution in [0.2, 0.25) is 0 Å². The lowest BCUT2D eigenvalue weighted by Crippen LogP contribution is -2.03. The van der Waals surface area contributed by atoms with Crippen molar-refractivity contribution in [2.24, 2.45) is 0 Å². The summed E-state index contributed by atoms with van der Waals surface area (Å²) in [7, 11) is 1.60. The van der Waals surface area contributed by atoms with Crippen LogP contribution in [0.1, 0.15) is 0 Å². The number of nitrogens with zero attached hydrogens (tertiary/aromatic N) is 1. The van der Waals surface area contributed by atoms with E-state index in [1.165, 1.54) is 11.3 Å². The molecule has 0 unspecified atom stereocenters. The van der Waals surface area contributed by atoms with Gasteiger partial charge in [-0.2, -0.15) is 0 Å². The number of rotatable bonds is 4. The van der Waals surface area contributed by atoms with Gasteiger partial charge in [0.25, 0.3) is 0 Å². The standard InChI is InChI=1S/C19H13IN2O3S/c1-24-12-6-7-17-11(8-12)9-13(18(23)25-17)16-10-26-19(22-16)21-15-5-3-2-4-14(15)20/h2-10H,1H3,(H,21,22). The highest BCUT2D eigenvalue weighted by atomic mass is 127. The van der Waals surface area contributed by atoms with Gasteiger partial charge in [0.2, 0.25) is 0 Å². The Morgan fingerprint density at radius 3 is 2.85 bits per heavy atom. The molecule has 2 aromatic carbocycles. The first kappa shape index (κ1) is 17.0. The van der Waals surface area contributed by atoms with Crippen molar-refractivity contribution in [3.63, 3.8) is 0 Å². The highest BCUT2D eigenvalue weighted by Gasteiger charge is 2.13. The molecule has 0 atom stereocenters. The topological polar surface area (TPSA) is 64.4 Å². The largest absolute Gasteiger partial charge is 0.497 e. The van der Waals surface area contributed by atoms with Crippen LogP contribution in [0.5, 0.6) is 5.75 Å². The van der Waals surface area contributed by atoms with Gasteiger partial charge in [-0.25, -0.2) is 9.78 Å². The van der Waals surface area contributed by atoms with Gasteiger partial charge >= 0.3 is 5.63 Å². The first-order valence-corrected chi connectivity index (χ1v) is 9.69. The van der Waals surface area contributed by atoms with Crippen LogP contribution in [-0.2, 0) is 0 Å². The van der Waals surface area contributed by atoms with Crippen molar-refractivity contribution >= 4 is 55.7 Å². The minimum Gasteiger partial charge on any atom is -0.497 e. The molecule has 2 heterocycles. The van der Waals surface area contributed by atoms with Crippen LogP contribution in [-0.4, -0.2) is 12.1 Å². The minimum absolute atomic E-state index is 0.409. The van der Waals surface area contributed by atoms with Crippen LogP contribution in [0.25, 0.3) is 22.2 Å². The van der Waals surface area contributed by atoms with Crippen LogP contribution in [0.3, 0.4) is 0 Å². The zero-order valence-corrected chi connectivity index (χ0v) is 16.6. The number of benzene rings is 2. The van der Waals surface area contributed by atoms with Crippen molar-refractivity contribution in [2.45, 2.75) is 0 Å². The number of anilines is 2. The lowest BCUT2D eigenvalue weighted by Gasteiger charge is -2.04. The normalized spacial score (nSPS) is 10.8. The molecule has 26 heavy (non-hydrogen) atoms. The Hall–Kier alpha value is -2.39. The summed E-state index contributed by atoms with van der Waals surface area (Å²) in [6.07, 6.45) is 0. The Morgan fingerprint density at radius 2 is 2.04 bits per heavy atom. The maximum absolute atomic E-state index is 12.4. The fourth-order valence-corrected chi connectivity index (χ4v) is 3.78. The van der Waals surface area contributed by atoms with E-state index in [9.17, 15) is 4.79 Å². The molecule has 2 aromatic heterocycles. The van der Waals surface area contributed by atoms with Gasteiger partial charge in [0.05, 0.1) is 24.1 Å². The Kier molecular flexibility index (Phi) is 4.64. The first-order valence-electron chi connectivity index (χ1n) is 7.73. The summed E-state index contributed by atoms with van der Waals surface area (Å²) in [6.45, 7) is 0. The number of methoxy groups -OCH3 is 1. The van der Waals surface area contributed by atoms with Crippen LogP contribution in [0.4, 0.5) is 10.8 Å². The van der Waals surface area contributed by atoms with E-state index in [-0.39, 0.29) is 0 Å². The van der Waals surface area contributed by atoms with Crippen LogP contribution in [0, 0.1) is 3.57 Å². The third-order valence-electron chi connectivity index (χ3n) is 3.83. The van der Waals surface area contributed by atoms with E-state index in [2.05, 4.69) is 32.9 Å². The summed E-state index contributed by atoms with van der Waals surface area (Å²) in [5.41, 5.74) is 2.10. The molecule has 4 rings (SSSR count). The molecular formula is C19H13IN2O3S. The number of thiazole rings is 1. The minimum atomic E-state index is -0.409. The second-order valence-electron chi connectivity index (χ2n) is 5.49. The number of nitrogens with one attached hydrogen (secondary N) is 1. The van der Waals surface area contributed by atoms with Gasteiger partial charge in [0.1, 0.15) is 11.3 Å². The van der Waals surface area contributed by atoms with Gasteiger partial charge < -0.3 is 14.5 Å². The number of hydrogen-bond acceptors (Lipinski definition) is 6. The quantitative estimate of drug-likeness (QED) is 0.321. The van der Waals surface area contributed by atoms with Gasteiger partial charge in [0, 0.05) is 14.3 Å². The molecule has 0 amide bonds. The number of aromatic nitrogens is 1. The molecule has 0 radical (unpaired) electrons. The first-order chi connectivity index (χ1) is 12.6. The number of para-hydroxylation sites is 1. The third kappa shape index (κ3) is 3.32. The van der Waals surface area contributed by atoms with Crippen LogP contribution in [0.15, 0.2) is 63.1 Å². The van der Waals surface area contributed by atoms with E-state index in [0.29, 0.717) is 27.7 Å². The molecule has 0 aliphatic carbocycles. The van der Waals surface area contributed by atoms with E-state index in [0.717, 1.165) is 14.6 Å². The number of halogens is 1. The Morgan fingerprint density at radius 1 is 1.19 bits per heavy atom. The number of fused-ring (bicyclic) bond motifs is 1. The summed E-state index contributed by atoms with van der Waals surface area (Å²) in [5.74, 6) is 0.705. The van der Waals surface area contributed by atoms with E-state index in [4.69, 9.17) is 9.15 Å². The van der Waals surface area contributed by atoms with Gasteiger partial charge in [-0.15, -0.1) is 11.3 Å². The van der Waals surface area contributed by atoms with Crippen molar-refractivity contribution in [3.8, 4) is 17.0 Å². The van der Waals surface area contributed by atoms with Gasteiger partial charge in [-0.1, -0.05) is 12.1 Å². The highest BCUT2D eigenvalue weighted by Crippen LogP contribution is 2.29. The van der Waals surface area contributed by atoms with Gasteiger partial charge in [-0.05, 0) is 59.0 Å². The number of ether oxygens (including phenoxy) is 1. The molecule has 0 bridgehead atoms. The second-order valence-corrected chi connectivity index (χ2v) is 7.51. The Labute approximate surface area is 166 Å². The fraction of sp³-hybridized carbons (Fsp3) is 0.0526. The molecule has 1 N–H and O–H groups in total. The summed E-state index contributed by atoms with van der Waals surface area (Å²) >= 11 is 3.70. The molecule has 5 nitrogen and oxygen atoms in total. The fourth-order valence-electron chi connectivity index (χ4n) is 2.54. The average molecular weight is 476 g/mol. The van der Waals surface area contributed by atoms with Crippen molar-refractivity contribution in [3.05, 3.63) is 67.9 Å². The zero-order chi connectivity index (χ0) is 18.1. The molecule has 4 aromatic rings. The summed E-state index contributed by atoms with van der Waals surface area (Å²) < 4.78 is 11.8. The lowest BCUT2D eigenvalue weighted by molar-refractivity contribution is 0.415. The number of hydrogen-bond donors (Lipinski definition) is 1.